The van der Waals surface area contributed by atoms with Gasteiger partial charge in [0, 0.05) is 7.05 Å². The summed E-state index contributed by atoms with van der Waals surface area (Å²) in [7, 11) is 1.85. The molecule has 0 aliphatic rings. The Hall–Kier alpha value is -0.850. The molecule has 0 aliphatic carbocycles. The minimum atomic E-state index is -0.119. The lowest BCUT2D eigenvalue weighted by atomic mass is 10.1. The van der Waals surface area contributed by atoms with Crippen LogP contribution in [0.25, 0.3) is 0 Å². The molecular weight excluding hydrogens is 320 g/mol. The van der Waals surface area contributed by atoms with Crippen LogP contribution < -0.4 is 5.32 Å². The maximum absolute atomic E-state index is 5.84. The normalized spacial score (nSPS) is 12.9. The number of nitrogens with zero attached hydrogens (tertiary/aromatic N) is 3. The summed E-state index contributed by atoms with van der Waals surface area (Å²) in [5.41, 5.74) is 0.912. The van der Waals surface area contributed by atoms with E-state index in [-0.39, 0.29) is 6.04 Å². The minimum absolute atomic E-state index is 0.119. The van der Waals surface area contributed by atoms with Crippen LogP contribution in [0.5, 0.6) is 0 Å². The maximum Gasteiger partial charge on any atom is 0.193 e. The number of furan rings is 1. The summed E-state index contributed by atoms with van der Waals surface area (Å²) in [6, 6.07) is 3.47. The van der Waals surface area contributed by atoms with E-state index >= 15 is 0 Å². The number of aryl methyl sites for hydroxylation is 1. The highest BCUT2D eigenvalue weighted by Gasteiger charge is 2.24. The van der Waals surface area contributed by atoms with Crippen LogP contribution in [0.3, 0.4) is 0 Å². The molecule has 0 aromatic carbocycles. The summed E-state index contributed by atoms with van der Waals surface area (Å²) in [6.45, 7) is 2.97. The highest BCUT2D eigenvalue weighted by molar-refractivity contribution is 9.10. The number of aromatic nitrogens is 3. The van der Waals surface area contributed by atoms with Crippen molar-refractivity contribution in [2.24, 2.45) is 7.05 Å². The lowest BCUT2D eigenvalue weighted by Crippen LogP contribution is -2.25. The van der Waals surface area contributed by atoms with Crippen molar-refractivity contribution < 1.29 is 4.42 Å². The SMILES string of the molecule is CCCNC(c1ccc(Cl)o1)c1c(Br)nnn1C. The smallest absolute Gasteiger partial charge is 0.193 e. The maximum atomic E-state index is 5.84. The lowest BCUT2D eigenvalue weighted by Gasteiger charge is -2.16. The standard InChI is InChI=1S/C11H14BrClN4O/c1-3-6-14-9(7-4-5-8(13)18-7)10-11(12)15-16-17(10)2/h4-5,9,14H,3,6H2,1-2H3. The summed E-state index contributed by atoms with van der Waals surface area (Å²) < 4.78 is 7.91. The molecule has 7 heteroatoms. The number of halogens is 2. The van der Waals surface area contributed by atoms with E-state index in [0.29, 0.717) is 9.82 Å². The van der Waals surface area contributed by atoms with Crippen LogP contribution in [0, 0.1) is 0 Å². The molecule has 0 saturated heterocycles. The summed E-state index contributed by atoms with van der Waals surface area (Å²) in [4.78, 5) is 0. The van der Waals surface area contributed by atoms with Crippen molar-refractivity contribution >= 4 is 27.5 Å². The zero-order valence-electron chi connectivity index (χ0n) is 10.2. The van der Waals surface area contributed by atoms with Gasteiger partial charge in [0.05, 0.1) is 5.69 Å². The molecule has 0 fully saturated rings. The van der Waals surface area contributed by atoms with Gasteiger partial charge in [-0.1, -0.05) is 12.1 Å². The number of rotatable bonds is 5. The first-order valence-electron chi connectivity index (χ1n) is 5.67. The predicted octanol–water partition coefficient (Wildman–Crippen LogP) is 2.91. The molecule has 0 aliphatic heterocycles. The molecule has 2 aromatic heterocycles. The third-order valence-corrected chi connectivity index (χ3v) is 3.35. The van der Waals surface area contributed by atoms with E-state index in [4.69, 9.17) is 16.0 Å². The summed E-state index contributed by atoms with van der Waals surface area (Å²) in [5.74, 6) is 0.750. The first kappa shape index (κ1) is 13.6. The molecule has 1 N–H and O–H groups in total. The van der Waals surface area contributed by atoms with Crippen molar-refractivity contribution in [3.63, 3.8) is 0 Å². The van der Waals surface area contributed by atoms with Gasteiger partial charge in [0.25, 0.3) is 0 Å². The molecule has 0 amide bonds. The van der Waals surface area contributed by atoms with Crippen molar-refractivity contribution in [3.05, 3.63) is 33.4 Å². The molecule has 0 bridgehead atoms. The fourth-order valence-corrected chi connectivity index (χ4v) is 2.46. The van der Waals surface area contributed by atoms with E-state index in [1.54, 1.807) is 10.7 Å². The van der Waals surface area contributed by atoms with Crippen LogP contribution in [0.15, 0.2) is 21.2 Å². The number of hydrogen-bond donors (Lipinski definition) is 1. The zero-order chi connectivity index (χ0) is 13.1. The van der Waals surface area contributed by atoms with E-state index in [9.17, 15) is 0 Å². The fourth-order valence-electron chi connectivity index (χ4n) is 1.75. The van der Waals surface area contributed by atoms with Gasteiger partial charge in [0.15, 0.2) is 9.82 Å². The Kier molecular flexibility index (Phi) is 4.42. The Bertz CT molecular complexity index is 505. The third-order valence-electron chi connectivity index (χ3n) is 2.58. The zero-order valence-corrected chi connectivity index (χ0v) is 12.5. The van der Waals surface area contributed by atoms with E-state index < -0.39 is 0 Å². The van der Waals surface area contributed by atoms with Gasteiger partial charge in [0.1, 0.15) is 11.8 Å². The van der Waals surface area contributed by atoms with Gasteiger partial charge >= 0.3 is 0 Å². The van der Waals surface area contributed by atoms with Crippen molar-refractivity contribution in [3.8, 4) is 0 Å². The molecule has 2 rings (SSSR count). The summed E-state index contributed by atoms with van der Waals surface area (Å²) >= 11 is 9.24. The van der Waals surface area contributed by atoms with Crippen molar-refractivity contribution in [2.75, 3.05) is 6.54 Å². The van der Waals surface area contributed by atoms with Gasteiger partial charge in [-0.05, 0) is 52.6 Å². The molecule has 98 valence electrons. The van der Waals surface area contributed by atoms with Gasteiger partial charge in [-0.3, -0.25) is 0 Å². The minimum Gasteiger partial charge on any atom is -0.448 e. The van der Waals surface area contributed by atoms with E-state index in [1.165, 1.54) is 0 Å². The Labute approximate surface area is 119 Å². The highest BCUT2D eigenvalue weighted by atomic mass is 79.9. The van der Waals surface area contributed by atoms with Crippen LogP contribution in [-0.2, 0) is 7.05 Å². The molecule has 0 radical (unpaired) electrons. The third kappa shape index (κ3) is 2.76. The molecule has 2 aromatic rings. The van der Waals surface area contributed by atoms with E-state index in [2.05, 4.69) is 38.5 Å². The largest absolute Gasteiger partial charge is 0.448 e. The molecule has 2 heterocycles. The Morgan fingerprint density at radius 2 is 2.33 bits per heavy atom. The van der Waals surface area contributed by atoms with Crippen LogP contribution in [0.2, 0.25) is 5.22 Å². The summed E-state index contributed by atoms with van der Waals surface area (Å²) in [6.07, 6.45) is 1.02. The molecule has 18 heavy (non-hydrogen) atoms. The molecule has 1 atom stereocenters. The second-order valence-corrected chi connectivity index (χ2v) is 5.04. The Morgan fingerprint density at radius 3 is 2.83 bits per heavy atom. The number of hydrogen-bond acceptors (Lipinski definition) is 4. The average Bonchev–Trinajstić information content (AvgIpc) is 2.90. The first-order chi connectivity index (χ1) is 8.63. The second-order valence-electron chi connectivity index (χ2n) is 3.92. The fraction of sp³-hybridized carbons (Fsp3) is 0.455. The number of nitrogens with one attached hydrogen (secondary N) is 1. The Balaban J connectivity index is 2.36. The summed E-state index contributed by atoms with van der Waals surface area (Å²) in [5, 5.41) is 11.7. The second kappa shape index (κ2) is 5.86. The molecular formula is C11H14BrClN4O. The van der Waals surface area contributed by atoms with Crippen LogP contribution in [-0.4, -0.2) is 21.5 Å². The van der Waals surface area contributed by atoms with Crippen molar-refractivity contribution in [1.82, 2.24) is 20.3 Å². The van der Waals surface area contributed by atoms with Gasteiger partial charge < -0.3 is 9.73 Å². The Morgan fingerprint density at radius 1 is 1.56 bits per heavy atom. The lowest BCUT2D eigenvalue weighted by molar-refractivity contribution is 0.432. The quantitative estimate of drug-likeness (QED) is 0.914. The van der Waals surface area contributed by atoms with Crippen LogP contribution >= 0.6 is 27.5 Å². The van der Waals surface area contributed by atoms with E-state index in [1.807, 2.05) is 13.1 Å². The van der Waals surface area contributed by atoms with Gasteiger partial charge in [-0.15, -0.1) is 5.10 Å². The predicted molar refractivity (Wildman–Crippen MR) is 72.6 cm³/mol. The van der Waals surface area contributed by atoms with Crippen molar-refractivity contribution in [2.45, 2.75) is 19.4 Å². The molecule has 5 nitrogen and oxygen atoms in total. The van der Waals surface area contributed by atoms with Gasteiger partial charge in [-0.2, -0.15) is 0 Å². The van der Waals surface area contributed by atoms with Gasteiger partial charge in [0.2, 0.25) is 0 Å². The van der Waals surface area contributed by atoms with E-state index in [0.717, 1.165) is 24.4 Å². The van der Waals surface area contributed by atoms with Crippen LogP contribution in [0.1, 0.15) is 30.8 Å². The van der Waals surface area contributed by atoms with Gasteiger partial charge in [-0.25, -0.2) is 4.68 Å². The van der Waals surface area contributed by atoms with Crippen LogP contribution in [0.4, 0.5) is 0 Å². The van der Waals surface area contributed by atoms with Crippen molar-refractivity contribution in [1.29, 1.82) is 0 Å². The average molecular weight is 334 g/mol. The molecule has 0 saturated carbocycles. The monoisotopic (exact) mass is 332 g/mol. The first-order valence-corrected chi connectivity index (χ1v) is 6.84. The topological polar surface area (TPSA) is 55.9 Å². The molecule has 0 spiro atoms. The molecule has 1 unspecified atom stereocenters. The highest BCUT2D eigenvalue weighted by Crippen LogP contribution is 2.29.